The molecule has 20 heavy (non-hydrogen) atoms. The van der Waals surface area contributed by atoms with Gasteiger partial charge in [0.25, 0.3) is 0 Å². The van der Waals surface area contributed by atoms with Crippen LogP contribution in [0.5, 0.6) is 0 Å². The number of ketones is 1. The van der Waals surface area contributed by atoms with Crippen LogP contribution in [0.4, 0.5) is 0 Å². The molecule has 0 heterocycles. The van der Waals surface area contributed by atoms with E-state index in [9.17, 15) is 4.79 Å². The summed E-state index contributed by atoms with van der Waals surface area (Å²) in [6.45, 7) is 4.33. The van der Waals surface area contributed by atoms with Gasteiger partial charge in [0.05, 0.1) is 0 Å². The minimum atomic E-state index is 0.394. The van der Waals surface area contributed by atoms with Crippen molar-refractivity contribution in [3.8, 4) is 0 Å². The SMILES string of the molecule is CCCCCCCCCCC(=O)Cc1ccccc1C. The lowest BCUT2D eigenvalue weighted by Gasteiger charge is -2.05. The van der Waals surface area contributed by atoms with Gasteiger partial charge in [0.15, 0.2) is 0 Å². The number of rotatable bonds is 11. The van der Waals surface area contributed by atoms with E-state index >= 15 is 0 Å². The fourth-order valence-corrected chi connectivity index (χ4v) is 2.57. The topological polar surface area (TPSA) is 17.1 Å². The first kappa shape index (κ1) is 16.9. The maximum atomic E-state index is 11.9. The highest BCUT2D eigenvalue weighted by Gasteiger charge is 2.05. The summed E-state index contributed by atoms with van der Waals surface area (Å²) in [4.78, 5) is 11.9. The highest BCUT2D eigenvalue weighted by molar-refractivity contribution is 5.81. The lowest BCUT2D eigenvalue weighted by molar-refractivity contribution is -0.118. The summed E-state index contributed by atoms with van der Waals surface area (Å²) in [7, 11) is 0. The number of hydrogen-bond donors (Lipinski definition) is 0. The second kappa shape index (κ2) is 10.7. The molecule has 1 heteroatoms. The zero-order valence-corrected chi connectivity index (χ0v) is 13.3. The van der Waals surface area contributed by atoms with Crippen molar-refractivity contribution in [1.29, 1.82) is 0 Å². The van der Waals surface area contributed by atoms with Crippen molar-refractivity contribution >= 4 is 5.78 Å². The summed E-state index contributed by atoms with van der Waals surface area (Å²) in [5.41, 5.74) is 2.42. The Morgan fingerprint density at radius 3 is 2.15 bits per heavy atom. The van der Waals surface area contributed by atoms with Gasteiger partial charge in [-0.1, -0.05) is 76.1 Å². The lowest BCUT2D eigenvalue weighted by atomic mass is 10.00. The van der Waals surface area contributed by atoms with Crippen LogP contribution in [0.2, 0.25) is 0 Å². The monoisotopic (exact) mass is 274 g/mol. The zero-order chi connectivity index (χ0) is 14.6. The molecule has 112 valence electrons. The molecule has 1 rings (SSSR count). The number of hydrogen-bond acceptors (Lipinski definition) is 1. The van der Waals surface area contributed by atoms with Crippen LogP contribution in [0.25, 0.3) is 0 Å². The first-order chi connectivity index (χ1) is 9.74. The normalized spacial score (nSPS) is 10.7. The van der Waals surface area contributed by atoms with Gasteiger partial charge in [0, 0.05) is 12.8 Å². The molecule has 0 aliphatic carbocycles. The van der Waals surface area contributed by atoms with E-state index in [0.29, 0.717) is 12.2 Å². The van der Waals surface area contributed by atoms with Gasteiger partial charge >= 0.3 is 0 Å². The number of carbonyl (C=O) groups is 1. The standard InChI is InChI=1S/C19H30O/c1-3-4-5-6-7-8-9-10-15-19(20)16-18-14-12-11-13-17(18)2/h11-14H,3-10,15-16H2,1-2H3. The molecule has 0 N–H and O–H groups in total. The first-order valence-corrected chi connectivity index (χ1v) is 8.30. The molecule has 0 aliphatic rings. The average molecular weight is 274 g/mol. The number of carbonyl (C=O) groups excluding carboxylic acids is 1. The maximum absolute atomic E-state index is 11.9. The second-order valence-electron chi connectivity index (χ2n) is 5.87. The molecule has 0 atom stereocenters. The molecule has 0 aromatic heterocycles. The molecule has 0 fully saturated rings. The van der Waals surface area contributed by atoms with Gasteiger partial charge in [-0.05, 0) is 24.5 Å². The van der Waals surface area contributed by atoms with E-state index in [4.69, 9.17) is 0 Å². The van der Waals surface area contributed by atoms with Crippen LogP contribution in [-0.2, 0) is 11.2 Å². The Morgan fingerprint density at radius 2 is 1.50 bits per heavy atom. The van der Waals surface area contributed by atoms with Crippen molar-refractivity contribution in [2.24, 2.45) is 0 Å². The lowest BCUT2D eigenvalue weighted by Crippen LogP contribution is -2.03. The minimum absolute atomic E-state index is 0.394. The first-order valence-electron chi connectivity index (χ1n) is 8.30. The van der Waals surface area contributed by atoms with Crippen molar-refractivity contribution in [2.75, 3.05) is 0 Å². The van der Waals surface area contributed by atoms with Crippen LogP contribution in [0.15, 0.2) is 24.3 Å². The van der Waals surface area contributed by atoms with Gasteiger partial charge in [-0.3, -0.25) is 4.79 Å². The van der Waals surface area contributed by atoms with Gasteiger partial charge in [-0.15, -0.1) is 0 Å². The Kier molecular flexibility index (Phi) is 9.02. The Hall–Kier alpha value is -1.11. The predicted octanol–water partition coefficient (Wildman–Crippen LogP) is 5.64. The molecule has 0 aliphatic heterocycles. The van der Waals surface area contributed by atoms with Gasteiger partial charge < -0.3 is 0 Å². The van der Waals surface area contributed by atoms with E-state index in [-0.39, 0.29) is 0 Å². The van der Waals surface area contributed by atoms with Crippen molar-refractivity contribution in [3.05, 3.63) is 35.4 Å². The van der Waals surface area contributed by atoms with Crippen molar-refractivity contribution in [1.82, 2.24) is 0 Å². The van der Waals surface area contributed by atoms with Crippen molar-refractivity contribution < 1.29 is 4.79 Å². The average Bonchev–Trinajstić information content (AvgIpc) is 2.44. The minimum Gasteiger partial charge on any atom is -0.299 e. The molecule has 0 amide bonds. The van der Waals surface area contributed by atoms with Gasteiger partial charge in [-0.25, -0.2) is 0 Å². The summed E-state index contributed by atoms with van der Waals surface area (Å²) < 4.78 is 0. The van der Waals surface area contributed by atoms with E-state index in [0.717, 1.165) is 12.8 Å². The Morgan fingerprint density at radius 1 is 0.900 bits per heavy atom. The summed E-state index contributed by atoms with van der Waals surface area (Å²) in [6.07, 6.45) is 11.7. The molecule has 0 unspecified atom stereocenters. The Balaban J connectivity index is 2.05. The number of benzene rings is 1. The van der Waals surface area contributed by atoms with Crippen molar-refractivity contribution in [3.63, 3.8) is 0 Å². The number of unbranched alkanes of at least 4 members (excludes halogenated alkanes) is 7. The molecular formula is C19H30O. The number of aryl methyl sites for hydroxylation is 1. The molecule has 1 nitrogen and oxygen atoms in total. The predicted molar refractivity (Wildman–Crippen MR) is 87.1 cm³/mol. The third-order valence-electron chi connectivity index (χ3n) is 3.96. The largest absolute Gasteiger partial charge is 0.299 e. The quantitative estimate of drug-likeness (QED) is 0.477. The molecule has 0 radical (unpaired) electrons. The maximum Gasteiger partial charge on any atom is 0.137 e. The molecule has 0 bridgehead atoms. The molecule has 0 saturated carbocycles. The molecule has 0 spiro atoms. The fourth-order valence-electron chi connectivity index (χ4n) is 2.57. The number of Topliss-reactive ketones (excluding diaryl/α,β-unsaturated/α-hetero) is 1. The summed E-state index contributed by atoms with van der Waals surface area (Å²) in [6, 6.07) is 8.20. The Labute approximate surface area is 124 Å². The molecular weight excluding hydrogens is 244 g/mol. The summed E-state index contributed by atoms with van der Waals surface area (Å²) in [5, 5.41) is 0. The molecule has 0 saturated heterocycles. The third kappa shape index (κ3) is 7.47. The van der Waals surface area contributed by atoms with Crippen LogP contribution in [-0.4, -0.2) is 5.78 Å². The summed E-state index contributed by atoms with van der Waals surface area (Å²) in [5.74, 6) is 0.394. The fraction of sp³-hybridized carbons (Fsp3) is 0.632. The van der Waals surface area contributed by atoms with Gasteiger partial charge in [0.2, 0.25) is 0 Å². The van der Waals surface area contributed by atoms with E-state index in [1.807, 2.05) is 12.1 Å². The Bertz CT molecular complexity index is 381. The van der Waals surface area contributed by atoms with Gasteiger partial charge in [0.1, 0.15) is 5.78 Å². The highest BCUT2D eigenvalue weighted by Crippen LogP contribution is 2.12. The molecule has 1 aromatic rings. The zero-order valence-electron chi connectivity index (χ0n) is 13.3. The summed E-state index contributed by atoms with van der Waals surface area (Å²) >= 11 is 0. The van der Waals surface area contributed by atoms with Crippen LogP contribution in [0.1, 0.15) is 75.8 Å². The highest BCUT2D eigenvalue weighted by atomic mass is 16.1. The smallest absolute Gasteiger partial charge is 0.137 e. The second-order valence-corrected chi connectivity index (χ2v) is 5.87. The third-order valence-corrected chi connectivity index (χ3v) is 3.96. The van der Waals surface area contributed by atoms with Crippen molar-refractivity contribution in [2.45, 2.75) is 78.1 Å². The van der Waals surface area contributed by atoms with Gasteiger partial charge in [-0.2, -0.15) is 0 Å². The van der Waals surface area contributed by atoms with Crippen LogP contribution in [0.3, 0.4) is 0 Å². The van der Waals surface area contributed by atoms with E-state index in [1.165, 1.54) is 56.1 Å². The van der Waals surface area contributed by atoms with E-state index < -0.39 is 0 Å². The van der Waals surface area contributed by atoms with Crippen LogP contribution in [0, 0.1) is 6.92 Å². The van der Waals surface area contributed by atoms with Crippen LogP contribution < -0.4 is 0 Å². The van der Waals surface area contributed by atoms with E-state index in [2.05, 4.69) is 26.0 Å². The van der Waals surface area contributed by atoms with Crippen LogP contribution >= 0.6 is 0 Å². The molecule has 1 aromatic carbocycles. The van der Waals surface area contributed by atoms with E-state index in [1.54, 1.807) is 0 Å².